The van der Waals surface area contributed by atoms with Gasteiger partial charge in [0.25, 0.3) is 0 Å². The fraction of sp³-hybridized carbons (Fsp3) is 0.318. The van der Waals surface area contributed by atoms with Crippen molar-refractivity contribution in [1.29, 1.82) is 0 Å². The highest BCUT2D eigenvalue weighted by Crippen LogP contribution is 2.42. The molecule has 1 fully saturated rings. The smallest absolute Gasteiger partial charge is 0.202 e. The molecule has 1 aliphatic rings. The summed E-state index contributed by atoms with van der Waals surface area (Å²) < 4.78 is 22.1. The summed E-state index contributed by atoms with van der Waals surface area (Å²) in [6, 6.07) is 9.35. The molecule has 1 aliphatic heterocycles. The maximum absolute atomic E-state index is 12.6. The molecule has 9 nitrogen and oxygen atoms in total. The van der Waals surface area contributed by atoms with E-state index in [0.717, 1.165) is 0 Å². The van der Waals surface area contributed by atoms with Crippen LogP contribution in [0.2, 0.25) is 0 Å². The molecule has 0 spiro atoms. The topological polar surface area (TPSA) is 139 Å². The summed E-state index contributed by atoms with van der Waals surface area (Å²) in [5.74, 6) is -0.628. The Morgan fingerprint density at radius 2 is 1.84 bits per heavy atom. The van der Waals surface area contributed by atoms with Crippen LogP contribution in [0, 0.1) is 0 Å². The third kappa shape index (κ3) is 4.15. The second-order valence-corrected chi connectivity index (χ2v) is 7.26. The predicted molar refractivity (Wildman–Crippen MR) is 109 cm³/mol. The Morgan fingerprint density at radius 3 is 2.52 bits per heavy atom. The van der Waals surface area contributed by atoms with E-state index in [-0.39, 0.29) is 41.9 Å². The van der Waals surface area contributed by atoms with E-state index in [4.69, 9.17) is 18.6 Å². The molecule has 9 heteroatoms. The van der Waals surface area contributed by atoms with Crippen molar-refractivity contribution in [2.45, 2.75) is 31.3 Å². The molecule has 1 aromatic heterocycles. The van der Waals surface area contributed by atoms with E-state index in [1.807, 2.05) is 0 Å². The number of hydrogen-bond donors (Lipinski definition) is 4. The van der Waals surface area contributed by atoms with Gasteiger partial charge in [-0.2, -0.15) is 0 Å². The maximum Gasteiger partial charge on any atom is 0.202 e. The van der Waals surface area contributed by atoms with Crippen molar-refractivity contribution in [3.63, 3.8) is 0 Å². The lowest BCUT2D eigenvalue weighted by Gasteiger charge is -2.32. The van der Waals surface area contributed by atoms with E-state index in [1.165, 1.54) is 12.1 Å². The lowest BCUT2D eigenvalue weighted by Crippen LogP contribution is -2.40. The molecular weight excluding hydrogens is 408 g/mol. The Kier molecular flexibility index (Phi) is 5.73. The summed E-state index contributed by atoms with van der Waals surface area (Å²) in [7, 11) is 1.54. The van der Waals surface area contributed by atoms with Crippen LogP contribution in [0.25, 0.3) is 22.3 Å². The zero-order valence-electron chi connectivity index (χ0n) is 16.6. The van der Waals surface area contributed by atoms with E-state index in [0.29, 0.717) is 11.3 Å². The minimum Gasteiger partial charge on any atom is -0.504 e. The molecule has 4 rings (SSSR count). The van der Waals surface area contributed by atoms with Crippen molar-refractivity contribution in [3.8, 4) is 34.3 Å². The first-order valence-corrected chi connectivity index (χ1v) is 9.67. The maximum atomic E-state index is 12.6. The number of ether oxygens (including phenoxy) is 3. The molecule has 0 bridgehead atoms. The van der Waals surface area contributed by atoms with Gasteiger partial charge in [-0.05, 0) is 24.3 Å². The Labute approximate surface area is 176 Å². The SMILES string of the molecule is COc1ccc(-c2cc(=O)c3c(O)c(O)c(OC4CC(O)CC(CO)O4)cc3o2)cc1. The molecule has 0 aliphatic carbocycles. The monoisotopic (exact) mass is 430 g/mol. The van der Waals surface area contributed by atoms with E-state index in [2.05, 4.69) is 0 Å². The van der Waals surface area contributed by atoms with Crippen LogP contribution in [-0.4, -0.2) is 52.6 Å². The van der Waals surface area contributed by atoms with Gasteiger partial charge in [0.05, 0.1) is 25.9 Å². The third-order valence-corrected chi connectivity index (χ3v) is 5.11. The zero-order valence-corrected chi connectivity index (χ0v) is 16.6. The molecule has 2 heterocycles. The number of fused-ring (bicyclic) bond motifs is 1. The summed E-state index contributed by atoms with van der Waals surface area (Å²) in [5, 5.41) is 39.8. The lowest BCUT2D eigenvalue weighted by molar-refractivity contribution is -0.185. The van der Waals surface area contributed by atoms with E-state index < -0.39 is 35.4 Å². The van der Waals surface area contributed by atoms with Gasteiger partial charge in [0.2, 0.25) is 12.0 Å². The van der Waals surface area contributed by atoms with Crippen LogP contribution >= 0.6 is 0 Å². The summed E-state index contributed by atoms with van der Waals surface area (Å²) in [4.78, 5) is 12.6. The van der Waals surface area contributed by atoms with Crippen LogP contribution in [-0.2, 0) is 4.74 Å². The molecule has 0 radical (unpaired) electrons. The van der Waals surface area contributed by atoms with Crippen LogP contribution < -0.4 is 14.9 Å². The Hall–Kier alpha value is -3.27. The molecular formula is C22H22O9. The number of aliphatic hydroxyl groups is 2. The first-order valence-electron chi connectivity index (χ1n) is 9.67. The number of aromatic hydroxyl groups is 2. The molecule has 0 amide bonds. The Morgan fingerprint density at radius 1 is 1.10 bits per heavy atom. The molecule has 164 valence electrons. The Balaban J connectivity index is 1.73. The van der Waals surface area contributed by atoms with E-state index in [9.17, 15) is 25.2 Å². The van der Waals surface area contributed by atoms with Gasteiger partial charge in [0.1, 0.15) is 22.5 Å². The molecule has 31 heavy (non-hydrogen) atoms. The highest BCUT2D eigenvalue weighted by molar-refractivity contribution is 5.89. The fourth-order valence-electron chi connectivity index (χ4n) is 3.54. The number of methoxy groups -OCH3 is 1. The molecule has 3 unspecified atom stereocenters. The van der Waals surface area contributed by atoms with Crippen molar-refractivity contribution in [1.82, 2.24) is 0 Å². The molecule has 2 aromatic carbocycles. The first kappa shape index (κ1) is 21.0. The molecule has 4 N–H and O–H groups in total. The van der Waals surface area contributed by atoms with Gasteiger partial charge in [-0.25, -0.2) is 0 Å². The number of benzene rings is 2. The van der Waals surface area contributed by atoms with Crippen LogP contribution in [0.1, 0.15) is 12.8 Å². The molecule has 0 saturated carbocycles. The van der Waals surface area contributed by atoms with Crippen molar-refractivity contribution >= 4 is 11.0 Å². The summed E-state index contributed by atoms with van der Waals surface area (Å²) in [6.45, 7) is -0.300. The number of aliphatic hydroxyl groups excluding tert-OH is 2. The average molecular weight is 430 g/mol. The largest absolute Gasteiger partial charge is 0.504 e. The number of rotatable bonds is 5. The summed E-state index contributed by atoms with van der Waals surface area (Å²) in [6.07, 6.45) is -1.99. The standard InChI is InChI=1S/C22H22O9/c1-28-13-4-2-11(3-5-13)16-8-15(25)20-17(30-16)9-18(21(26)22(20)27)31-19-7-12(24)6-14(10-23)29-19/h2-5,8-9,12,14,19,23-24,26-27H,6-7,10H2,1H3. The Bertz CT molecular complexity index is 1140. The van der Waals surface area contributed by atoms with Crippen LogP contribution in [0.3, 0.4) is 0 Å². The van der Waals surface area contributed by atoms with Gasteiger partial charge in [0, 0.05) is 30.5 Å². The van der Waals surface area contributed by atoms with Gasteiger partial charge in [-0.3, -0.25) is 4.79 Å². The molecule has 1 saturated heterocycles. The zero-order chi connectivity index (χ0) is 22.1. The summed E-state index contributed by atoms with van der Waals surface area (Å²) in [5.41, 5.74) is 0.0640. The van der Waals surface area contributed by atoms with E-state index in [1.54, 1.807) is 31.4 Å². The van der Waals surface area contributed by atoms with Crippen molar-refractivity contribution in [3.05, 3.63) is 46.6 Å². The highest BCUT2D eigenvalue weighted by atomic mass is 16.7. The second-order valence-electron chi connectivity index (χ2n) is 7.26. The van der Waals surface area contributed by atoms with Gasteiger partial charge < -0.3 is 39.1 Å². The average Bonchev–Trinajstić information content (AvgIpc) is 2.76. The number of phenolic OH excluding ortho intramolecular Hbond substituents is 2. The van der Waals surface area contributed by atoms with Crippen molar-refractivity contribution in [2.75, 3.05) is 13.7 Å². The predicted octanol–water partition coefficient (Wildman–Crippen LogP) is 2.12. The first-order chi connectivity index (χ1) is 14.9. The van der Waals surface area contributed by atoms with E-state index >= 15 is 0 Å². The fourth-order valence-corrected chi connectivity index (χ4v) is 3.54. The highest BCUT2D eigenvalue weighted by Gasteiger charge is 2.30. The third-order valence-electron chi connectivity index (χ3n) is 5.11. The van der Waals surface area contributed by atoms with Gasteiger partial charge in [0.15, 0.2) is 16.9 Å². The lowest BCUT2D eigenvalue weighted by atomic mass is 10.1. The normalized spacial score (nSPS) is 21.2. The minimum absolute atomic E-state index is 0.00122. The second kappa shape index (κ2) is 8.46. The summed E-state index contributed by atoms with van der Waals surface area (Å²) >= 11 is 0. The molecule has 3 atom stereocenters. The minimum atomic E-state index is -0.972. The van der Waals surface area contributed by atoms with Crippen molar-refractivity contribution in [2.24, 2.45) is 0 Å². The quantitative estimate of drug-likeness (QED) is 0.448. The number of phenols is 2. The van der Waals surface area contributed by atoms with Crippen LogP contribution in [0.5, 0.6) is 23.0 Å². The van der Waals surface area contributed by atoms with Gasteiger partial charge in [-0.1, -0.05) is 0 Å². The van der Waals surface area contributed by atoms with Gasteiger partial charge in [-0.15, -0.1) is 0 Å². The molecule has 3 aromatic rings. The van der Waals surface area contributed by atoms with Gasteiger partial charge >= 0.3 is 0 Å². The van der Waals surface area contributed by atoms with Crippen molar-refractivity contribution < 1.29 is 39.1 Å². The number of hydrogen-bond acceptors (Lipinski definition) is 9. The van der Waals surface area contributed by atoms with Crippen LogP contribution in [0.4, 0.5) is 0 Å². The van der Waals surface area contributed by atoms with Crippen LogP contribution in [0.15, 0.2) is 45.6 Å².